The first-order valence-electron chi connectivity index (χ1n) is 4.89. The molecule has 0 saturated carbocycles. The molecule has 0 aliphatic rings. The Bertz CT molecular complexity index is 298. The van der Waals surface area contributed by atoms with Crippen LogP contribution in [-0.2, 0) is 6.42 Å². The van der Waals surface area contributed by atoms with Crippen molar-refractivity contribution in [3.63, 3.8) is 0 Å². The number of hydrogen-bond acceptors (Lipinski definition) is 0. The summed E-state index contributed by atoms with van der Waals surface area (Å²) in [5.41, 5.74) is 0.214. The minimum absolute atomic E-state index is 0.452. The van der Waals surface area contributed by atoms with E-state index in [1.165, 1.54) is 0 Å². The molecule has 0 aliphatic heterocycles. The molecule has 15 heavy (non-hydrogen) atoms. The Kier molecular flexibility index (Phi) is 3.42. The molecule has 3 heteroatoms. The van der Waals surface area contributed by atoms with E-state index in [4.69, 9.17) is 0 Å². The van der Waals surface area contributed by atoms with Crippen LogP contribution in [-0.4, -0.2) is 6.18 Å². The Morgan fingerprint density at radius 3 is 2.00 bits per heavy atom. The lowest BCUT2D eigenvalue weighted by atomic mass is 9.82. The third-order valence-corrected chi connectivity index (χ3v) is 2.20. The molecule has 84 valence electrons. The maximum Gasteiger partial charge on any atom is 0.389 e. The van der Waals surface area contributed by atoms with Gasteiger partial charge in [-0.1, -0.05) is 44.2 Å². The third kappa shape index (κ3) is 4.86. The molecule has 1 aromatic carbocycles. The highest BCUT2D eigenvalue weighted by molar-refractivity contribution is 5.16. The van der Waals surface area contributed by atoms with Crippen LogP contribution in [0.5, 0.6) is 0 Å². The Hall–Kier alpha value is -0.990. The number of rotatable bonds is 3. The van der Waals surface area contributed by atoms with Crippen molar-refractivity contribution >= 4 is 0 Å². The predicted molar refractivity (Wildman–Crippen MR) is 54.6 cm³/mol. The van der Waals surface area contributed by atoms with Gasteiger partial charge in [0, 0.05) is 6.42 Å². The van der Waals surface area contributed by atoms with Crippen LogP contribution in [0, 0.1) is 5.41 Å². The molecule has 1 rings (SSSR count). The first-order valence-corrected chi connectivity index (χ1v) is 4.89. The van der Waals surface area contributed by atoms with Gasteiger partial charge in [-0.3, -0.25) is 0 Å². The smallest absolute Gasteiger partial charge is 0.171 e. The SMILES string of the molecule is CC(C)(Cc1ccccc1)CC(F)(F)F. The van der Waals surface area contributed by atoms with E-state index >= 15 is 0 Å². The maximum absolute atomic E-state index is 12.3. The summed E-state index contributed by atoms with van der Waals surface area (Å²) in [5.74, 6) is 0. The fourth-order valence-electron chi connectivity index (χ4n) is 1.75. The first-order chi connectivity index (χ1) is 6.79. The summed E-state index contributed by atoms with van der Waals surface area (Å²) in [6, 6.07) is 9.27. The van der Waals surface area contributed by atoms with Gasteiger partial charge in [0.2, 0.25) is 0 Å². The predicted octanol–water partition coefficient (Wildman–Crippen LogP) is 4.21. The van der Waals surface area contributed by atoms with Gasteiger partial charge in [0.05, 0.1) is 0 Å². The summed E-state index contributed by atoms with van der Waals surface area (Å²) in [4.78, 5) is 0. The summed E-state index contributed by atoms with van der Waals surface area (Å²) < 4.78 is 36.8. The van der Waals surface area contributed by atoms with Crippen molar-refractivity contribution in [1.82, 2.24) is 0 Å². The average molecular weight is 216 g/mol. The molecule has 1 aromatic rings. The van der Waals surface area contributed by atoms with E-state index in [0.717, 1.165) is 5.56 Å². The largest absolute Gasteiger partial charge is 0.389 e. The van der Waals surface area contributed by atoms with E-state index in [2.05, 4.69) is 0 Å². The van der Waals surface area contributed by atoms with E-state index < -0.39 is 18.0 Å². The molecule has 0 spiro atoms. The van der Waals surface area contributed by atoms with Gasteiger partial charge >= 0.3 is 6.18 Å². The van der Waals surface area contributed by atoms with Crippen LogP contribution in [0.4, 0.5) is 13.2 Å². The second-order valence-electron chi connectivity index (χ2n) is 4.62. The highest BCUT2D eigenvalue weighted by Crippen LogP contribution is 2.35. The molecular weight excluding hydrogens is 201 g/mol. The number of benzene rings is 1. The zero-order chi connectivity index (χ0) is 11.5. The van der Waals surface area contributed by atoms with Gasteiger partial charge in [0.1, 0.15) is 0 Å². The van der Waals surface area contributed by atoms with Gasteiger partial charge in [-0.05, 0) is 17.4 Å². The van der Waals surface area contributed by atoms with Crippen LogP contribution in [0.1, 0.15) is 25.8 Å². The lowest BCUT2D eigenvalue weighted by Gasteiger charge is -2.25. The molecule has 0 aliphatic carbocycles. The fraction of sp³-hybridized carbons (Fsp3) is 0.500. The van der Waals surface area contributed by atoms with Crippen molar-refractivity contribution in [2.24, 2.45) is 5.41 Å². The highest BCUT2D eigenvalue weighted by Gasteiger charge is 2.36. The molecule has 0 radical (unpaired) electrons. The quantitative estimate of drug-likeness (QED) is 0.710. The van der Waals surface area contributed by atoms with Crippen LogP contribution >= 0.6 is 0 Å². The molecule has 0 N–H and O–H groups in total. The minimum Gasteiger partial charge on any atom is -0.171 e. The van der Waals surface area contributed by atoms with Crippen molar-refractivity contribution < 1.29 is 13.2 Å². The summed E-state index contributed by atoms with van der Waals surface area (Å²) >= 11 is 0. The summed E-state index contributed by atoms with van der Waals surface area (Å²) in [6.07, 6.45) is -4.37. The highest BCUT2D eigenvalue weighted by atomic mass is 19.4. The molecule has 0 atom stereocenters. The first kappa shape index (κ1) is 12.1. The zero-order valence-electron chi connectivity index (χ0n) is 8.93. The van der Waals surface area contributed by atoms with Crippen molar-refractivity contribution in [1.29, 1.82) is 0 Å². The van der Waals surface area contributed by atoms with Gasteiger partial charge in [0.25, 0.3) is 0 Å². The summed E-state index contributed by atoms with van der Waals surface area (Å²) in [7, 11) is 0. The molecule has 0 bridgehead atoms. The summed E-state index contributed by atoms with van der Waals surface area (Å²) in [6.45, 7) is 3.29. The second kappa shape index (κ2) is 4.25. The van der Waals surface area contributed by atoms with Crippen LogP contribution in [0.2, 0.25) is 0 Å². The maximum atomic E-state index is 12.3. The van der Waals surface area contributed by atoms with Crippen molar-refractivity contribution in [3.05, 3.63) is 35.9 Å². The van der Waals surface area contributed by atoms with Crippen LogP contribution in [0.3, 0.4) is 0 Å². The van der Waals surface area contributed by atoms with E-state index in [-0.39, 0.29) is 0 Å². The molecule has 0 amide bonds. The minimum atomic E-state index is -4.09. The Morgan fingerprint density at radius 1 is 1.00 bits per heavy atom. The van der Waals surface area contributed by atoms with E-state index in [1.54, 1.807) is 13.8 Å². The molecular formula is C12H15F3. The third-order valence-electron chi connectivity index (χ3n) is 2.20. The number of alkyl halides is 3. The Morgan fingerprint density at radius 2 is 1.53 bits per heavy atom. The van der Waals surface area contributed by atoms with Crippen molar-refractivity contribution in [2.45, 2.75) is 32.9 Å². The lowest BCUT2D eigenvalue weighted by Crippen LogP contribution is -2.24. The van der Waals surface area contributed by atoms with Gasteiger partial charge in [-0.15, -0.1) is 0 Å². The van der Waals surface area contributed by atoms with E-state index in [0.29, 0.717) is 6.42 Å². The molecule has 0 fully saturated rings. The van der Waals surface area contributed by atoms with Crippen LogP contribution < -0.4 is 0 Å². The van der Waals surface area contributed by atoms with E-state index in [9.17, 15) is 13.2 Å². The molecule has 0 aromatic heterocycles. The van der Waals surface area contributed by atoms with Gasteiger partial charge < -0.3 is 0 Å². The van der Waals surface area contributed by atoms with Crippen LogP contribution in [0.25, 0.3) is 0 Å². The zero-order valence-corrected chi connectivity index (χ0v) is 8.93. The monoisotopic (exact) mass is 216 g/mol. The summed E-state index contributed by atoms with van der Waals surface area (Å²) in [5, 5.41) is 0. The average Bonchev–Trinajstić information content (AvgIpc) is 1.99. The normalized spacial score (nSPS) is 12.9. The standard InChI is InChI=1S/C12H15F3/c1-11(2,9-12(13,14)15)8-10-6-4-3-5-7-10/h3-7H,8-9H2,1-2H3. The topological polar surface area (TPSA) is 0 Å². The molecule has 0 nitrogen and oxygen atoms in total. The fourth-order valence-corrected chi connectivity index (χ4v) is 1.75. The number of halogens is 3. The Labute approximate surface area is 88.1 Å². The van der Waals surface area contributed by atoms with Crippen LogP contribution in [0.15, 0.2) is 30.3 Å². The Balaban J connectivity index is 2.65. The van der Waals surface area contributed by atoms with E-state index in [1.807, 2.05) is 30.3 Å². The van der Waals surface area contributed by atoms with Gasteiger partial charge in [0.15, 0.2) is 0 Å². The molecule has 0 saturated heterocycles. The number of hydrogen-bond donors (Lipinski definition) is 0. The van der Waals surface area contributed by atoms with Crippen molar-refractivity contribution in [2.75, 3.05) is 0 Å². The van der Waals surface area contributed by atoms with Gasteiger partial charge in [-0.2, -0.15) is 13.2 Å². The second-order valence-corrected chi connectivity index (χ2v) is 4.62. The molecule has 0 unspecified atom stereocenters. The van der Waals surface area contributed by atoms with Gasteiger partial charge in [-0.25, -0.2) is 0 Å². The molecule has 0 heterocycles. The lowest BCUT2D eigenvalue weighted by molar-refractivity contribution is -0.154. The van der Waals surface area contributed by atoms with Crippen molar-refractivity contribution in [3.8, 4) is 0 Å².